The number of carbonyl (C=O) groups excluding carboxylic acids is 1. The van der Waals surface area contributed by atoms with E-state index in [1.807, 2.05) is 6.07 Å². The number of rotatable bonds is 6. The molecule has 3 aromatic rings. The van der Waals surface area contributed by atoms with Crippen molar-refractivity contribution in [3.05, 3.63) is 48.5 Å². The highest BCUT2D eigenvalue weighted by Crippen LogP contribution is 2.18. The Morgan fingerprint density at radius 2 is 2.04 bits per heavy atom. The van der Waals surface area contributed by atoms with Crippen molar-refractivity contribution in [1.29, 1.82) is 0 Å². The van der Waals surface area contributed by atoms with Gasteiger partial charge in [0, 0.05) is 5.56 Å². The minimum Gasteiger partial charge on any atom is -0.394 e. The monoisotopic (exact) mass is 313 g/mol. The molecule has 0 saturated heterocycles. The van der Waals surface area contributed by atoms with E-state index < -0.39 is 0 Å². The van der Waals surface area contributed by atoms with E-state index in [0.717, 1.165) is 0 Å². The van der Waals surface area contributed by atoms with Crippen LogP contribution in [-0.2, 0) is 11.5 Å². The quantitative estimate of drug-likeness (QED) is 0.659. The van der Waals surface area contributed by atoms with Gasteiger partial charge in [0.1, 0.15) is 13.1 Å². The highest BCUT2D eigenvalue weighted by molar-refractivity contribution is 6.06. The van der Waals surface area contributed by atoms with Gasteiger partial charge in [0.25, 0.3) is 5.91 Å². The van der Waals surface area contributed by atoms with Crippen molar-refractivity contribution in [1.82, 2.24) is 19.5 Å². The van der Waals surface area contributed by atoms with Crippen molar-refractivity contribution < 1.29 is 14.6 Å². The first-order chi connectivity index (χ1) is 11.3. The lowest BCUT2D eigenvalue weighted by Crippen LogP contribution is -2.13. The third-order valence-corrected chi connectivity index (χ3v) is 3.14. The van der Waals surface area contributed by atoms with Crippen LogP contribution in [0.15, 0.2) is 43.0 Å². The fourth-order valence-corrected chi connectivity index (χ4v) is 2.06. The number of ether oxygens (including phenoxy) is 1. The zero-order valence-corrected chi connectivity index (χ0v) is 12.2. The van der Waals surface area contributed by atoms with Gasteiger partial charge in [-0.25, -0.2) is 15.0 Å². The number of amides is 1. The number of benzene rings is 1. The predicted molar refractivity (Wildman–Crippen MR) is 82.8 cm³/mol. The lowest BCUT2D eigenvalue weighted by Gasteiger charge is -2.06. The number of nitrogens with one attached hydrogen (secondary N) is 1. The van der Waals surface area contributed by atoms with Crippen LogP contribution in [0, 0.1) is 0 Å². The summed E-state index contributed by atoms with van der Waals surface area (Å²) in [5.41, 5.74) is 1.55. The fraction of sp³-hybridized carbons (Fsp3) is 0.200. The molecule has 0 radical (unpaired) electrons. The summed E-state index contributed by atoms with van der Waals surface area (Å²) >= 11 is 0. The second-order valence-electron chi connectivity index (χ2n) is 4.69. The summed E-state index contributed by atoms with van der Waals surface area (Å²) in [4.78, 5) is 24.7. The van der Waals surface area contributed by atoms with Gasteiger partial charge < -0.3 is 15.2 Å². The molecule has 2 aromatic heterocycles. The van der Waals surface area contributed by atoms with E-state index in [4.69, 9.17) is 9.84 Å². The molecule has 0 saturated carbocycles. The molecule has 118 valence electrons. The highest BCUT2D eigenvalue weighted by Gasteiger charge is 2.13. The van der Waals surface area contributed by atoms with Crippen LogP contribution in [0.2, 0.25) is 0 Å². The topological polar surface area (TPSA) is 102 Å². The first-order valence-corrected chi connectivity index (χ1v) is 7.00. The lowest BCUT2D eigenvalue weighted by atomic mass is 10.2. The third kappa shape index (κ3) is 3.33. The van der Waals surface area contributed by atoms with E-state index in [9.17, 15) is 4.79 Å². The van der Waals surface area contributed by atoms with Crippen LogP contribution in [0.5, 0.6) is 0 Å². The largest absolute Gasteiger partial charge is 0.394 e. The van der Waals surface area contributed by atoms with E-state index in [-0.39, 0.29) is 25.9 Å². The molecular weight excluding hydrogens is 298 g/mol. The first kappa shape index (κ1) is 15.1. The number of aliphatic hydroxyl groups excluding tert-OH is 1. The van der Waals surface area contributed by atoms with Gasteiger partial charge in [-0.05, 0) is 12.1 Å². The Morgan fingerprint density at radius 1 is 1.22 bits per heavy atom. The molecule has 0 atom stereocenters. The molecule has 8 nitrogen and oxygen atoms in total. The van der Waals surface area contributed by atoms with Crippen LogP contribution in [0.1, 0.15) is 10.4 Å². The Balaban J connectivity index is 1.83. The van der Waals surface area contributed by atoms with Crippen LogP contribution in [0.4, 0.5) is 5.82 Å². The van der Waals surface area contributed by atoms with Gasteiger partial charge in [0.2, 0.25) is 0 Å². The number of nitrogens with zero attached hydrogens (tertiary/aromatic N) is 4. The molecule has 23 heavy (non-hydrogen) atoms. The fourth-order valence-electron chi connectivity index (χ4n) is 2.06. The van der Waals surface area contributed by atoms with Gasteiger partial charge in [0.05, 0.1) is 19.5 Å². The molecule has 0 unspecified atom stereocenters. The van der Waals surface area contributed by atoms with Crippen molar-refractivity contribution in [2.45, 2.75) is 6.73 Å². The summed E-state index contributed by atoms with van der Waals surface area (Å²) in [6.45, 7) is 0.377. The molecule has 2 N–H and O–H groups in total. The third-order valence-electron chi connectivity index (χ3n) is 3.14. The Bertz CT molecular complexity index is 803. The molecule has 1 aromatic carbocycles. The van der Waals surface area contributed by atoms with Gasteiger partial charge in [-0.2, -0.15) is 0 Å². The molecular formula is C15H15N5O3. The number of carbonyl (C=O) groups is 1. The molecule has 1 amide bonds. The second kappa shape index (κ2) is 6.95. The van der Waals surface area contributed by atoms with Crippen LogP contribution in [-0.4, -0.2) is 43.7 Å². The molecule has 0 aliphatic heterocycles. The molecule has 2 heterocycles. The van der Waals surface area contributed by atoms with Gasteiger partial charge in [-0.3, -0.25) is 9.36 Å². The smallest absolute Gasteiger partial charge is 0.256 e. The van der Waals surface area contributed by atoms with Gasteiger partial charge in [-0.1, -0.05) is 18.2 Å². The highest BCUT2D eigenvalue weighted by atomic mass is 16.5. The van der Waals surface area contributed by atoms with Gasteiger partial charge in [-0.15, -0.1) is 0 Å². The Kier molecular flexibility index (Phi) is 4.55. The van der Waals surface area contributed by atoms with Crippen molar-refractivity contribution in [2.75, 3.05) is 18.5 Å². The van der Waals surface area contributed by atoms with E-state index >= 15 is 0 Å². The van der Waals surface area contributed by atoms with Gasteiger partial charge >= 0.3 is 0 Å². The van der Waals surface area contributed by atoms with Crippen LogP contribution >= 0.6 is 0 Å². The lowest BCUT2D eigenvalue weighted by molar-refractivity contribution is 0.0499. The van der Waals surface area contributed by atoms with E-state index in [0.29, 0.717) is 22.5 Å². The number of anilines is 1. The van der Waals surface area contributed by atoms with Crippen LogP contribution in [0.25, 0.3) is 11.2 Å². The summed E-state index contributed by atoms with van der Waals surface area (Å²) < 4.78 is 6.92. The van der Waals surface area contributed by atoms with Crippen molar-refractivity contribution in [2.24, 2.45) is 0 Å². The van der Waals surface area contributed by atoms with Crippen molar-refractivity contribution in [3.63, 3.8) is 0 Å². The van der Waals surface area contributed by atoms with Crippen molar-refractivity contribution in [3.8, 4) is 0 Å². The Morgan fingerprint density at radius 3 is 2.83 bits per heavy atom. The van der Waals surface area contributed by atoms with Gasteiger partial charge in [0.15, 0.2) is 17.0 Å². The Labute approximate surface area is 131 Å². The standard InChI is InChI=1S/C15H15N5O3/c21-6-7-23-10-20-9-18-12-13(16-8-17-14(12)20)19-15(22)11-4-2-1-3-5-11/h1-5,8-9,21H,6-7,10H2,(H,16,17,19,22). The molecule has 0 fully saturated rings. The molecule has 0 spiro atoms. The average molecular weight is 313 g/mol. The molecule has 0 bridgehead atoms. The minimum absolute atomic E-state index is 0.0556. The summed E-state index contributed by atoms with van der Waals surface area (Å²) in [6.07, 6.45) is 2.90. The Hall–Kier alpha value is -2.84. The SMILES string of the molecule is O=C(Nc1ncnc2c1ncn2COCCO)c1ccccc1. The number of imidazole rings is 1. The molecule has 0 aliphatic rings. The summed E-state index contributed by atoms with van der Waals surface area (Å²) in [5.74, 6) is 0.0708. The van der Waals surface area contributed by atoms with Crippen LogP contribution in [0.3, 0.4) is 0 Å². The summed E-state index contributed by atoms with van der Waals surface area (Å²) in [6, 6.07) is 8.85. The number of fused-ring (bicyclic) bond motifs is 1. The minimum atomic E-state index is -0.267. The summed E-state index contributed by atoms with van der Waals surface area (Å²) in [7, 11) is 0. The number of hydrogen-bond acceptors (Lipinski definition) is 6. The molecule has 8 heteroatoms. The maximum atomic E-state index is 12.2. The zero-order chi connectivity index (χ0) is 16.1. The predicted octanol–water partition coefficient (Wildman–Crippen LogP) is 1.04. The number of hydrogen-bond donors (Lipinski definition) is 2. The second-order valence-corrected chi connectivity index (χ2v) is 4.69. The van der Waals surface area contributed by atoms with E-state index in [1.165, 1.54) is 6.33 Å². The summed E-state index contributed by atoms with van der Waals surface area (Å²) in [5, 5.41) is 11.5. The van der Waals surface area contributed by atoms with E-state index in [1.54, 1.807) is 35.2 Å². The van der Waals surface area contributed by atoms with Crippen molar-refractivity contribution >= 4 is 22.9 Å². The molecule has 3 rings (SSSR count). The number of aromatic nitrogens is 4. The van der Waals surface area contributed by atoms with Crippen LogP contribution < -0.4 is 5.32 Å². The molecule has 0 aliphatic carbocycles. The maximum absolute atomic E-state index is 12.2. The number of aliphatic hydroxyl groups is 1. The van der Waals surface area contributed by atoms with E-state index in [2.05, 4.69) is 20.3 Å². The zero-order valence-electron chi connectivity index (χ0n) is 12.2. The first-order valence-electron chi connectivity index (χ1n) is 7.00. The normalized spacial score (nSPS) is 10.8. The average Bonchev–Trinajstić information content (AvgIpc) is 3.00. The maximum Gasteiger partial charge on any atom is 0.256 e.